The second-order valence-corrected chi connectivity index (χ2v) is 7.15. The van der Waals surface area contributed by atoms with Crippen LogP contribution in [0.4, 0.5) is 0 Å². The summed E-state index contributed by atoms with van der Waals surface area (Å²) in [5, 5.41) is 4.22. The van der Waals surface area contributed by atoms with E-state index in [0.29, 0.717) is 18.3 Å². The van der Waals surface area contributed by atoms with Crippen LogP contribution in [0.15, 0.2) is 30.3 Å². The number of hydrogen-bond donors (Lipinski definition) is 1. The van der Waals surface area contributed by atoms with Crippen molar-refractivity contribution in [3.05, 3.63) is 36.0 Å². The van der Waals surface area contributed by atoms with Gasteiger partial charge in [-0.2, -0.15) is 0 Å². The Kier molecular flexibility index (Phi) is 4.04. The van der Waals surface area contributed by atoms with E-state index in [2.05, 4.69) is 48.0 Å². The van der Waals surface area contributed by atoms with Gasteiger partial charge < -0.3 is 19.2 Å². The molecule has 1 atom stereocenters. The number of carbonyl (C=O) groups excluding carboxylic acids is 1. The van der Waals surface area contributed by atoms with Crippen LogP contribution in [0.25, 0.3) is 21.9 Å². The minimum absolute atomic E-state index is 0.0337. The Morgan fingerprint density at radius 1 is 1.32 bits per heavy atom. The molecule has 4 rings (SSSR count). The summed E-state index contributed by atoms with van der Waals surface area (Å²) < 4.78 is 9.92. The zero-order chi connectivity index (χ0) is 17.6. The molecule has 3 aromatic rings. The minimum atomic E-state index is -0.0337. The summed E-state index contributed by atoms with van der Waals surface area (Å²) >= 11 is 0. The summed E-state index contributed by atoms with van der Waals surface area (Å²) in [4.78, 5) is 12.7. The molecular weight excluding hydrogens is 314 g/mol. The number of hydrogen-bond acceptors (Lipinski definition) is 2. The number of ether oxygens (including phenoxy) is 1. The molecule has 3 heterocycles. The van der Waals surface area contributed by atoms with E-state index in [1.807, 2.05) is 17.7 Å². The second kappa shape index (κ2) is 6.23. The van der Waals surface area contributed by atoms with Gasteiger partial charge in [0.15, 0.2) is 0 Å². The third-order valence-electron chi connectivity index (χ3n) is 5.15. The fraction of sp³-hybridized carbons (Fsp3) is 0.450. The van der Waals surface area contributed by atoms with Gasteiger partial charge in [-0.3, -0.25) is 4.79 Å². The van der Waals surface area contributed by atoms with E-state index in [1.165, 1.54) is 10.9 Å². The van der Waals surface area contributed by atoms with Crippen molar-refractivity contribution in [1.82, 2.24) is 14.5 Å². The Bertz CT molecular complexity index is 929. The number of benzene rings is 1. The number of fused-ring (bicyclic) bond motifs is 3. The summed E-state index contributed by atoms with van der Waals surface area (Å²) in [5.41, 5.74) is 4.14. The molecule has 25 heavy (non-hydrogen) atoms. The van der Waals surface area contributed by atoms with Crippen molar-refractivity contribution in [2.45, 2.75) is 38.8 Å². The van der Waals surface area contributed by atoms with Gasteiger partial charge in [-0.15, -0.1) is 0 Å². The zero-order valence-electron chi connectivity index (χ0n) is 15.1. The number of nitrogens with zero attached hydrogens (tertiary/aromatic N) is 2. The highest BCUT2D eigenvalue weighted by molar-refractivity contribution is 6.10. The molecule has 1 aliphatic rings. The van der Waals surface area contributed by atoms with Crippen LogP contribution >= 0.6 is 0 Å². The lowest BCUT2D eigenvalue weighted by Gasteiger charge is -2.12. The van der Waals surface area contributed by atoms with E-state index >= 15 is 0 Å². The monoisotopic (exact) mass is 339 g/mol. The highest BCUT2D eigenvalue weighted by Gasteiger charge is 2.22. The first-order valence-electron chi connectivity index (χ1n) is 9.06. The summed E-state index contributed by atoms with van der Waals surface area (Å²) in [7, 11) is 1.97. The Morgan fingerprint density at radius 3 is 2.84 bits per heavy atom. The normalized spacial score (nSPS) is 17.8. The van der Waals surface area contributed by atoms with Crippen molar-refractivity contribution in [1.29, 1.82) is 0 Å². The average Bonchev–Trinajstić information content (AvgIpc) is 3.28. The summed E-state index contributed by atoms with van der Waals surface area (Å²) in [6.45, 7) is 5.74. The molecule has 2 aromatic heterocycles. The Morgan fingerprint density at radius 2 is 2.12 bits per heavy atom. The van der Waals surface area contributed by atoms with Gasteiger partial charge in [0.05, 0.1) is 22.7 Å². The third-order valence-corrected chi connectivity index (χ3v) is 5.15. The fourth-order valence-corrected chi connectivity index (χ4v) is 3.98. The standard InChI is InChI=1S/C20H25N3O2/c1-13(2)23-16-9-5-4-8-15(16)19-17(23)11-18(22(19)3)20(24)21-12-14-7-6-10-25-14/h4-5,8-9,11,13-14H,6-7,10,12H2,1-3H3,(H,21,24). The van der Waals surface area contributed by atoms with Crippen molar-refractivity contribution in [3.8, 4) is 0 Å². The third kappa shape index (κ3) is 2.63. The van der Waals surface area contributed by atoms with E-state index < -0.39 is 0 Å². The largest absolute Gasteiger partial charge is 0.376 e. The Balaban J connectivity index is 1.74. The van der Waals surface area contributed by atoms with Gasteiger partial charge in [0.25, 0.3) is 5.91 Å². The summed E-state index contributed by atoms with van der Waals surface area (Å²) in [5.74, 6) is -0.0337. The molecule has 0 radical (unpaired) electrons. The number of nitrogens with one attached hydrogen (secondary N) is 1. The number of rotatable bonds is 4. The van der Waals surface area contributed by atoms with Crippen LogP contribution in [0.1, 0.15) is 43.2 Å². The van der Waals surface area contributed by atoms with E-state index in [-0.39, 0.29) is 12.0 Å². The average molecular weight is 339 g/mol. The highest BCUT2D eigenvalue weighted by atomic mass is 16.5. The number of aryl methyl sites for hydroxylation is 1. The lowest BCUT2D eigenvalue weighted by Crippen LogP contribution is -2.32. The van der Waals surface area contributed by atoms with Crippen LogP contribution in [0, 0.1) is 0 Å². The van der Waals surface area contributed by atoms with Crippen LogP contribution in [0.5, 0.6) is 0 Å². The maximum Gasteiger partial charge on any atom is 0.268 e. The van der Waals surface area contributed by atoms with Crippen LogP contribution < -0.4 is 5.32 Å². The topological polar surface area (TPSA) is 48.2 Å². The van der Waals surface area contributed by atoms with E-state index in [9.17, 15) is 4.79 Å². The molecular formula is C20H25N3O2. The molecule has 0 spiro atoms. The smallest absolute Gasteiger partial charge is 0.268 e. The molecule has 1 fully saturated rings. The van der Waals surface area contributed by atoms with Gasteiger partial charge in [-0.05, 0) is 38.8 Å². The molecule has 1 unspecified atom stereocenters. The van der Waals surface area contributed by atoms with Gasteiger partial charge in [-0.1, -0.05) is 18.2 Å². The van der Waals surface area contributed by atoms with Crippen LogP contribution in [-0.4, -0.2) is 34.3 Å². The van der Waals surface area contributed by atoms with Crippen LogP contribution in [0.3, 0.4) is 0 Å². The van der Waals surface area contributed by atoms with Crippen molar-refractivity contribution < 1.29 is 9.53 Å². The fourth-order valence-electron chi connectivity index (χ4n) is 3.98. The van der Waals surface area contributed by atoms with Gasteiger partial charge in [0.2, 0.25) is 0 Å². The molecule has 1 N–H and O–H groups in total. The molecule has 0 saturated carbocycles. The summed E-state index contributed by atoms with van der Waals surface area (Å²) in [6.07, 6.45) is 2.27. The number of carbonyl (C=O) groups is 1. The molecule has 1 amide bonds. The predicted molar refractivity (Wildman–Crippen MR) is 100 cm³/mol. The molecule has 5 nitrogen and oxygen atoms in total. The molecule has 132 valence electrons. The zero-order valence-corrected chi connectivity index (χ0v) is 15.1. The van der Waals surface area contributed by atoms with Crippen molar-refractivity contribution in [2.24, 2.45) is 7.05 Å². The Hall–Kier alpha value is -2.27. The summed E-state index contributed by atoms with van der Waals surface area (Å²) in [6, 6.07) is 10.7. The van der Waals surface area contributed by atoms with E-state index in [4.69, 9.17) is 4.74 Å². The molecule has 1 aromatic carbocycles. The number of amides is 1. The van der Waals surface area contributed by atoms with Crippen molar-refractivity contribution in [2.75, 3.05) is 13.2 Å². The van der Waals surface area contributed by atoms with E-state index in [1.54, 1.807) is 0 Å². The highest BCUT2D eigenvalue weighted by Crippen LogP contribution is 2.33. The molecule has 0 aliphatic carbocycles. The second-order valence-electron chi connectivity index (χ2n) is 7.15. The first-order chi connectivity index (χ1) is 12.1. The molecule has 0 bridgehead atoms. The lowest BCUT2D eigenvalue weighted by atomic mass is 10.2. The van der Waals surface area contributed by atoms with E-state index in [0.717, 1.165) is 30.5 Å². The van der Waals surface area contributed by atoms with Gasteiger partial charge in [0, 0.05) is 31.6 Å². The SMILES string of the molecule is CC(C)n1c2ccccc2c2c1cc(C(=O)NCC1CCCO1)n2C. The van der Waals surface area contributed by atoms with Crippen LogP contribution in [-0.2, 0) is 11.8 Å². The first-order valence-corrected chi connectivity index (χ1v) is 9.06. The lowest BCUT2D eigenvalue weighted by molar-refractivity contribution is 0.0851. The number of para-hydroxylation sites is 1. The quantitative estimate of drug-likeness (QED) is 0.789. The molecule has 5 heteroatoms. The minimum Gasteiger partial charge on any atom is -0.376 e. The van der Waals surface area contributed by atoms with Gasteiger partial charge in [-0.25, -0.2) is 0 Å². The first kappa shape index (κ1) is 16.2. The van der Waals surface area contributed by atoms with Crippen molar-refractivity contribution in [3.63, 3.8) is 0 Å². The van der Waals surface area contributed by atoms with Crippen LogP contribution in [0.2, 0.25) is 0 Å². The van der Waals surface area contributed by atoms with Crippen molar-refractivity contribution >= 4 is 27.8 Å². The predicted octanol–water partition coefficient (Wildman–Crippen LogP) is 3.62. The molecule has 1 saturated heterocycles. The molecule has 1 aliphatic heterocycles. The Labute approximate surface area is 147 Å². The van der Waals surface area contributed by atoms with Gasteiger partial charge >= 0.3 is 0 Å². The maximum atomic E-state index is 12.7. The van der Waals surface area contributed by atoms with Gasteiger partial charge in [0.1, 0.15) is 5.69 Å². The number of aromatic nitrogens is 2. The maximum absolute atomic E-state index is 12.7.